The molecule has 0 radical (unpaired) electrons. The van der Waals surface area contributed by atoms with Crippen molar-refractivity contribution < 1.29 is 14.1 Å². The number of rotatable bonds is 6. The Labute approximate surface area is 171 Å². The number of nitrogens with one attached hydrogen (secondary N) is 1. The van der Waals surface area contributed by atoms with Crippen LogP contribution in [-0.4, -0.2) is 21.0 Å². The van der Waals surface area contributed by atoms with Gasteiger partial charge in [0.2, 0.25) is 11.8 Å². The molecule has 30 heavy (non-hydrogen) atoms. The van der Waals surface area contributed by atoms with Crippen LogP contribution in [0.15, 0.2) is 89.3 Å². The zero-order valence-electron chi connectivity index (χ0n) is 15.6. The molecular formula is C22H16N4O4. The van der Waals surface area contributed by atoms with Gasteiger partial charge in [-0.2, -0.15) is 0 Å². The molecule has 1 heterocycles. The van der Waals surface area contributed by atoms with Gasteiger partial charge in [-0.1, -0.05) is 71.8 Å². The summed E-state index contributed by atoms with van der Waals surface area (Å²) in [5.41, 5.74) is 1.93. The molecule has 1 N–H and O–H groups in total. The Bertz CT molecular complexity index is 1140. The maximum absolute atomic E-state index is 13.1. The van der Waals surface area contributed by atoms with E-state index in [1.807, 2.05) is 60.7 Å². The molecule has 0 unspecified atom stereocenters. The fourth-order valence-electron chi connectivity index (χ4n) is 3.11. The predicted molar refractivity (Wildman–Crippen MR) is 110 cm³/mol. The molecule has 8 nitrogen and oxygen atoms in total. The Morgan fingerprint density at radius 3 is 2.13 bits per heavy atom. The van der Waals surface area contributed by atoms with E-state index in [1.165, 1.54) is 18.2 Å². The van der Waals surface area contributed by atoms with Crippen molar-refractivity contribution >= 4 is 17.6 Å². The highest BCUT2D eigenvalue weighted by Crippen LogP contribution is 2.27. The molecular weight excluding hydrogens is 384 g/mol. The number of anilines is 1. The second kappa shape index (κ2) is 8.36. The van der Waals surface area contributed by atoms with E-state index in [4.69, 9.17) is 4.42 Å². The van der Waals surface area contributed by atoms with E-state index >= 15 is 0 Å². The minimum atomic E-state index is -0.569. The summed E-state index contributed by atoms with van der Waals surface area (Å²) in [7, 11) is 0. The molecule has 4 aromatic rings. The quantitative estimate of drug-likeness (QED) is 0.379. The predicted octanol–water partition coefficient (Wildman–Crippen LogP) is 4.42. The summed E-state index contributed by atoms with van der Waals surface area (Å²) in [6.45, 7) is 0. The van der Waals surface area contributed by atoms with Crippen LogP contribution < -0.4 is 5.32 Å². The molecule has 8 heteroatoms. The summed E-state index contributed by atoms with van der Waals surface area (Å²) in [6.07, 6.45) is 0. The van der Waals surface area contributed by atoms with Crippen molar-refractivity contribution in [3.05, 3.63) is 106 Å². The van der Waals surface area contributed by atoms with Crippen LogP contribution in [0.3, 0.4) is 0 Å². The van der Waals surface area contributed by atoms with Crippen LogP contribution >= 0.6 is 0 Å². The summed E-state index contributed by atoms with van der Waals surface area (Å²) in [6, 6.07) is 24.5. The first-order valence-electron chi connectivity index (χ1n) is 9.11. The van der Waals surface area contributed by atoms with Crippen LogP contribution in [0.25, 0.3) is 11.5 Å². The lowest BCUT2D eigenvalue weighted by Gasteiger charge is -2.16. The third-order valence-corrected chi connectivity index (χ3v) is 4.49. The van der Waals surface area contributed by atoms with Gasteiger partial charge in [-0.15, -0.1) is 5.10 Å². The van der Waals surface area contributed by atoms with E-state index in [1.54, 1.807) is 6.07 Å². The molecule has 0 saturated carbocycles. The summed E-state index contributed by atoms with van der Waals surface area (Å²) in [5, 5.41) is 21.4. The van der Waals surface area contributed by atoms with Crippen molar-refractivity contribution in [1.29, 1.82) is 0 Å². The number of aromatic nitrogens is 2. The van der Waals surface area contributed by atoms with Gasteiger partial charge < -0.3 is 4.42 Å². The van der Waals surface area contributed by atoms with Crippen molar-refractivity contribution in [3.8, 4) is 11.5 Å². The number of amides is 1. The Morgan fingerprint density at radius 1 is 0.900 bits per heavy atom. The minimum absolute atomic E-state index is 0.0740. The lowest BCUT2D eigenvalue weighted by Crippen LogP contribution is -2.22. The molecule has 3 aromatic carbocycles. The van der Waals surface area contributed by atoms with Crippen molar-refractivity contribution in [2.45, 2.75) is 5.92 Å². The zero-order chi connectivity index (χ0) is 20.9. The summed E-state index contributed by atoms with van der Waals surface area (Å²) >= 11 is 0. The van der Waals surface area contributed by atoms with Crippen molar-refractivity contribution in [2.75, 3.05) is 5.32 Å². The van der Waals surface area contributed by atoms with Crippen LogP contribution in [0.1, 0.15) is 17.0 Å². The zero-order valence-corrected chi connectivity index (χ0v) is 15.6. The number of non-ortho nitro benzene ring substituents is 1. The minimum Gasteiger partial charge on any atom is -0.403 e. The molecule has 0 atom stereocenters. The number of nitrogens with zero attached hydrogens (tertiary/aromatic N) is 3. The van der Waals surface area contributed by atoms with Crippen LogP contribution in [-0.2, 0) is 4.79 Å². The molecule has 0 spiro atoms. The Kier molecular flexibility index (Phi) is 5.29. The number of nitro groups is 1. The van der Waals surface area contributed by atoms with Gasteiger partial charge in [0.05, 0.1) is 10.8 Å². The molecule has 4 rings (SSSR count). The normalized spacial score (nSPS) is 10.7. The summed E-state index contributed by atoms with van der Waals surface area (Å²) in [5.74, 6) is -0.827. The second-order valence-corrected chi connectivity index (χ2v) is 6.46. The van der Waals surface area contributed by atoms with Crippen LogP contribution in [0.2, 0.25) is 0 Å². The molecule has 0 saturated heterocycles. The first-order valence-corrected chi connectivity index (χ1v) is 9.11. The van der Waals surface area contributed by atoms with Gasteiger partial charge in [0.15, 0.2) is 0 Å². The molecule has 148 valence electrons. The van der Waals surface area contributed by atoms with Gasteiger partial charge in [0.25, 0.3) is 5.69 Å². The Morgan fingerprint density at radius 2 is 1.53 bits per heavy atom. The van der Waals surface area contributed by atoms with Crippen molar-refractivity contribution in [1.82, 2.24) is 10.2 Å². The molecule has 0 aliphatic rings. The fourth-order valence-corrected chi connectivity index (χ4v) is 3.11. The van der Waals surface area contributed by atoms with Crippen LogP contribution in [0, 0.1) is 10.1 Å². The van der Waals surface area contributed by atoms with Crippen molar-refractivity contribution in [3.63, 3.8) is 0 Å². The molecule has 0 fully saturated rings. The van der Waals surface area contributed by atoms with E-state index in [-0.39, 0.29) is 23.5 Å². The first-order chi connectivity index (χ1) is 14.6. The fraction of sp³-hybridized carbons (Fsp3) is 0.0455. The van der Waals surface area contributed by atoms with Crippen molar-refractivity contribution in [2.24, 2.45) is 0 Å². The first kappa shape index (κ1) is 19.0. The van der Waals surface area contributed by atoms with Gasteiger partial charge in [0, 0.05) is 17.7 Å². The maximum atomic E-state index is 13.1. The van der Waals surface area contributed by atoms with Crippen LogP contribution in [0.4, 0.5) is 11.7 Å². The summed E-state index contributed by atoms with van der Waals surface area (Å²) < 4.78 is 5.52. The van der Waals surface area contributed by atoms with E-state index in [2.05, 4.69) is 15.5 Å². The monoisotopic (exact) mass is 400 g/mol. The van der Waals surface area contributed by atoms with Crippen LogP contribution in [0.5, 0.6) is 0 Å². The van der Waals surface area contributed by atoms with E-state index < -0.39 is 10.8 Å². The highest BCUT2D eigenvalue weighted by Gasteiger charge is 2.24. The molecule has 0 bridgehead atoms. The second-order valence-electron chi connectivity index (χ2n) is 6.46. The van der Waals surface area contributed by atoms with Gasteiger partial charge in [-0.05, 0) is 17.2 Å². The number of nitro benzene ring substituents is 1. The van der Waals surface area contributed by atoms with E-state index in [0.717, 1.165) is 11.1 Å². The van der Waals surface area contributed by atoms with E-state index in [0.29, 0.717) is 5.56 Å². The highest BCUT2D eigenvalue weighted by atomic mass is 16.6. The number of carbonyl (C=O) groups is 1. The topological polar surface area (TPSA) is 111 Å². The number of carbonyl (C=O) groups excluding carboxylic acids is 1. The van der Waals surface area contributed by atoms with Gasteiger partial charge >= 0.3 is 6.01 Å². The number of benzene rings is 3. The van der Waals surface area contributed by atoms with E-state index in [9.17, 15) is 14.9 Å². The Balaban J connectivity index is 1.60. The molecule has 0 aliphatic heterocycles. The average Bonchev–Trinajstić information content (AvgIpc) is 3.24. The smallest absolute Gasteiger partial charge is 0.322 e. The highest BCUT2D eigenvalue weighted by molar-refractivity contribution is 5.96. The maximum Gasteiger partial charge on any atom is 0.322 e. The standard InChI is InChI=1S/C22H16N4O4/c27-20(19(15-8-3-1-4-9-15)16-10-5-2-6-11-16)23-22-25-24-21(30-22)17-12-7-13-18(14-17)26(28)29/h1-14,19H,(H,23,25,27). The van der Waals surface area contributed by atoms with Gasteiger partial charge in [-0.3, -0.25) is 20.2 Å². The molecule has 1 amide bonds. The summed E-state index contributed by atoms with van der Waals surface area (Å²) in [4.78, 5) is 23.5. The third-order valence-electron chi connectivity index (χ3n) is 4.49. The van der Waals surface area contributed by atoms with Gasteiger partial charge in [-0.25, -0.2) is 0 Å². The lowest BCUT2D eigenvalue weighted by molar-refractivity contribution is -0.384. The van der Waals surface area contributed by atoms with Gasteiger partial charge in [0.1, 0.15) is 0 Å². The lowest BCUT2D eigenvalue weighted by atomic mass is 9.90. The number of hydrogen-bond donors (Lipinski definition) is 1. The Hall–Kier alpha value is -4.33. The molecule has 1 aromatic heterocycles. The largest absolute Gasteiger partial charge is 0.403 e. The average molecular weight is 400 g/mol. The number of hydrogen-bond acceptors (Lipinski definition) is 6. The third kappa shape index (κ3) is 4.07. The molecule has 0 aliphatic carbocycles. The SMILES string of the molecule is O=C(Nc1nnc(-c2cccc([N+](=O)[O-])c2)o1)C(c1ccccc1)c1ccccc1.